The lowest BCUT2D eigenvalue weighted by molar-refractivity contribution is 0.0695. The van der Waals surface area contributed by atoms with E-state index < -0.39 is 21.9 Å². The number of rotatable bonds is 2. The molecular weight excluding hydrogens is 282 g/mol. The van der Waals surface area contributed by atoms with Crippen molar-refractivity contribution in [1.29, 1.82) is 0 Å². The van der Waals surface area contributed by atoms with Gasteiger partial charge in [-0.1, -0.05) is 12.8 Å². The fourth-order valence-electron chi connectivity index (χ4n) is 2.88. The predicted octanol–water partition coefficient (Wildman–Crippen LogP) is 1.47. The summed E-state index contributed by atoms with van der Waals surface area (Å²) in [5.41, 5.74) is -0.0599. The normalized spacial score (nSPS) is 21.2. The highest BCUT2D eigenvalue weighted by Gasteiger charge is 2.45. The van der Waals surface area contributed by atoms with Crippen LogP contribution in [0.25, 0.3) is 0 Å². The second-order valence-electron chi connectivity index (χ2n) is 5.06. The Morgan fingerprint density at radius 1 is 1.25 bits per heavy atom. The molecule has 1 amide bonds. The average Bonchev–Trinajstić information content (AvgIpc) is 2.96. The highest BCUT2D eigenvalue weighted by molar-refractivity contribution is 7.90. The van der Waals surface area contributed by atoms with Crippen LogP contribution in [0, 0.1) is 0 Å². The molecule has 1 aliphatic heterocycles. The van der Waals surface area contributed by atoms with Crippen LogP contribution in [0.5, 0.6) is 0 Å². The van der Waals surface area contributed by atoms with Crippen molar-refractivity contribution in [3.05, 3.63) is 29.3 Å². The van der Waals surface area contributed by atoms with Crippen LogP contribution in [0.1, 0.15) is 46.4 Å². The Morgan fingerprint density at radius 2 is 1.90 bits per heavy atom. The van der Waals surface area contributed by atoms with Crippen molar-refractivity contribution in [1.82, 2.24) is 4.31 Å². The number of aromatic carboxylic acids is 1. The fraction of sp³-hybridized carbons (Fsp3) is 0.385. The van der Waals surface area contributed by atoms with E-state index in [2.05, 4.69) is 0 Å². The molecule has 20 heavy (non-hydrogen) atoms. The molecule has 0 aromatic heterocycles. The Balaban J connectivity index is 2.13. The molecule has 1 aliphatic carbocycles. The summed E-state index contributed by atoms with van der Waals surface area (Å²) in [6.07, 6.45) is 3.15. The fourth-order valence-corrected chi connectivity index (χ4v) is 4.72. The van der Waals surface area contributed by atoms with Crippen molar-refractivity contribution in [2.45, 2.75) is 36.6 Å². The van der Waals surface area contributed by atoms with E-state index in [1.165, 1.54) is 12.1 Å². The average molecular weight is 295 g/mol. The molecule has 0 atom stereocenters. The first-order chi connectivity index (χ1) is 9.43. The Bertz CT molecular complexity index is 703. The maximum Gasteiger partial charge on any atom is 0.335 e. The van der Waals surface area contributed by atoms with E-state index in [1.807, 2.05) is 0 Å². The summed E-state index contributed by atoms with van der Waals surface area (Å²) < 4.78 is 25.9. The molecule has 2 aliphatic rings. The molecule has 1 fully saturated rings. The molecule has 0 spiro atoms. The summed E-state index contributed by atoms with van der Waals surface area (Å²) in [4.78, 5) is 23.0. The Morgan fingerprint density at radius 3 is 2.50 bits per heavy atom. The van der Waals surface area contributed by atoms with Crippen LogP contribution >= 0.6 is 0 Å². The van der Waals surface area contributed by atoms with Crippen LogP contribution in [-0.2, 0) is 10.0 Å². The predicted molar refractivity (Wildman–Crippen MR) is 69.0 cm³/mol. The maximum atomic E-state index is 12.5. The minimum atomic E-state index is -3.91. The van der Waals surface area contributed by atoms with Gasteiger partial charge in [0.25, 0.3) is 15.9 Å². The lowest BCUT2D eigenvalue weighted by Gasteiger charge is -2.22. The first kappa shape index (κ1) is 13.1. The molecule has 7 heteroatoms. The molecule has 0 radical (unpaired) electrons. The molecule has 1 N–H and O–H groups in total. The van der Waals surface area contributed by atoms with Gasteiger partial charge in [-0.05, 0) is 31.0 Å². The minimum Gasteiger partial charge on any atom is -0.478 e. The van der Waals surface area contributed by atoms with Crippen molar-refractivity contribution in [3.63, 3.8) is 0 Å². The number of carboxylic acid groups (broad SMARTS) is 1. The first-order valence-corrected chi connectivity index (χ1v) is 7.83. The van der Waals surface area contributed by atoms with Gasteiger partial charge in [0, 0.05) is 6.04 Å². The van der Waals surface area contributed by atoms with Gasteiger partial charge >= 0.3 is 5.97 Å². The standard InChI is InChI=1S/C13H13NO5S/c15-12-10-6-5-8(13(16)17)7-11(10)20(18,19)14(12)9-3-1-2-4-9/h5-7,9H,1-4H2,(H,16,17). The van der Waals surface area contributed by atoms with E-state index in [0.29, 0.717) is 12.8 Å². The zero-order chi connectivity index (χ0) is 14.5. The first-order valence-electron chi connectivity index (χ1n) is 6.39. The number of hydrogen-bond acceptors (Lipinski definition) is 4. The molecule has 6 nitrogen and oxygen atoms in total. The number of hydrogen-bond donors (Lipinski definition) is 1. The lowest BCUT2D eigenvalue weighted by atomic mass is 10.1. The highest BCUT2D eigenvalue weighted by Crippen LogP contribution is 2.37. The SMILES string of the molecule is O=C(O)c1ccc2c(c1)S(=O)(=O)N(C1CCCC1)C2=O. The summed E-state index contributed by atoms with van der Waals surface area (Å²) in [5.74, 6) is -1.75. The number of carboxylic acids is 1. The van der Waals surface area contributed by atoms with Crippen LogP contribution in [0.3, 0.4) is 0 Å². The summed E-state index contributed by atoms with van der Waals surface area (Å²) in [7, 11) is -3.91. The zero-order valence-electron chi connectivity index (χ0n) is 10.6. The molecule has 1 saturated carbocycles. The van der Waals surface area contributed by atoms with Gasteiger partial charge in [-0.25, -0.2) is 17.5 Å². The second kappa shape index (κ2) is 4.31. The number of carbonyl (C=O) groups is 2. The highest BCUT2D eigenvalue weighted by atomic mass is 32.2. The molecule has 0 unspecified atom stereocenters. The second-order valence-corrected chi connectivity index (χ2v) is 6.84. The Labute approximate surface area is 116 Å². The van der Waals surface area contributed by atoms with E-state index in [1.54, 1.807) is 0 Å². The van der Waals surface area contributed by atoms with Gasteiger partial charge in [-0.15, -0.1) is 0 Å². The molecule has 0 bridgehead atoms. The van der Waals surface area contributed by atoms with Crippen LogP contribution in [0.4, 0.5) is 0 Å². The molecule has 3 rings (SSSR count). The third-order valence-electron chi connectivity index (χ3n) is 3.85. The Hall–Kier alpha value is -1.89. The van der Waals surface area contributed by atoms with Gasteiger partial charge in [0.2, 0.25) is 0 Å². The molecule has 1 heterocycles. The largest absolute Gasteiger partial charge is 0.478 e. The molecule has 106 valence electrons. The number of nitrogens with zero attached hydrogens (tertiary/aromatic N) is 1. The number of sulfonamides is 1. The van der Waals surface area contributed by atoms with Crippen molar-refractivity contribution < 1.29 is 23.1 Å². The third-order valence-corrected chi connectivity index (χ3v) is 5.73. The van der Waals surface area contributed by atoms with Gasteiger partial charge in [0.05, 0.1) is 11.1 Å². The minimum absolute atomic E-state index is 0.0712. The quantitative estimate of drug-likeness (QED) is 0.892. The molecular formula is C13H13NO5S. The van der Waals surface area contributed by atoms with Gasteiger partial charge in [0.1, 0.15) is 4.90 Å². The van der Waals surface area contributed by atoms with Crippen LogP contribution in [0.15, 0.2) is 23.1 Å². The van der Waals surface area contributed by atoms with Gasteiger partial charge < -0.3 is 5.11 Å². The third kappa shape index (κ3) is 1.73. The summed E-state index contributed by atoms with van der Waals surface area (Å²) in [5, 5.41) is 8.94. The molecule has 1 aromatic carbocycles. The van der Waals surface area contributed by atoms with Crippen molar-refractivity contribution in [2.24, 2.45) is 0 Å². The van der Waals surface area contributed by atoms with Crippen molar-refractivity contribution in [3.8, 4) is 0 Å². The molecule has 1 aromatic rings. The maximum absolute atomic E-state index is 12.5. The summed E-state index contributed by atoms with van der Waals surface area (Å²) >= 11 is 0. The number of amides is 1. The van der Waals surface area contributed by atoms with E-state index in [0.717, 1.165) is 23.2 Å². The van der Waals surface area contributed by atoms with Crippen molar-refractivity contribution >= 4 is 21.9 Å². The topological polar surface area (TPSA) is 91.8 Å². The smallest absolute Gasteiger partial charge is 0.335 e. The van der Waals surface area contributed by atoms with E-state index >= 15 is 0 Å². The Kier molecular flexibility index (Phi) is 2.82. The zero-order valence-corrected chi connectivity index (χ0v) is 11.4. The van der Waals surface area contributed by atoms with Gasteiger partial charge in [-0.3, -0.25) is 4.79 Å². The summed E-state index contributed by atoms with van der Waals surface area (Å²) in [6.45, 7) is 0. The monoisotopic (exact) mass is 295 g/mol. The number of benzene rings is 1. The van der Waals surface area contributed by atoms with Gasteiger partial charge in [-0.2, -0.15) is 0 Å². The number of carbonyl (C=O) groups excluding carboxylic acids is 1. The van der Waals surface area contributed by atoms with E-state index in [9.17, 15) is 18.0 Å². The van der Waals surface area contributed by atoms with Crippen LogP contribution < -0.4 is 0 Å². The summed E-state index contributed by atoms with van der Waals surface area (Å²) in [6, 6.07) is 3.31. The van der Waals surface area contributed by atoms with Crippen molar-refractivity contribution in [2.75, 3.05) is 0 Å². The lowest BCUT2D eigenvalue weighted by Crippen LogP contribution is -2.38. The van der Waals surface area contributed by atoms with E-state index in [-0.39, 0.29) is 22.1 Å². The van der Waals surface area contributed by atoms with Crippen LogP contribution in [-0.4, -0.2) is 35.7 Å². The van der Waals surface area contributed by atoms with Gasteiger partial charge in [0.15, 0.2) is 0 Å². The van der Waals surface area contributed by atoms with Crippen LogP contribution in [0.2, 0.25) is 0 Å². The number of fused-ring (bicyclic) bond motifs is 1. The van der Waals surface area contributed by atoms with E-state index in [4.69, 9.17) is 5.11 Å². The molecule has 0 saturated heterocycles.